The molecule has 0 aromatic carbocycles. The van der Waals surface area contributed by atoms with Crippen LogP contribution in [0.1, 0.15) is 39.0 Å². The molecule has 1 amide bonds. The molecule has 90 valence electrons. The Morgan fingerprint density at radius 2 is 1.94 bits per heavy atom. The Morgan fingerprint density at radius 1 is 1.19 bits per heavy atom. The largest absolute Gasteiger partial charge is 0.353 e. The number of hydrogen-bond acceptors (Lipinski definition) is 2. The Balaban J connectivity index is 1.48. The van der Waals surface area contributed by atoms with E-state index in [1.54, 1.807) is 0 Å². The van der Waals surface area contributed by atoms with Crippen LogP contribution in [-0.2, 0) is 4.79 Å². The average molecular weight is 222 g/mol. The van der Waals surface area contributed by atoms with Crippen molar-refractivity contribution in [3.8, 4) is 0 Å². The highest BCUT2D eigenvalue weighted by molar-refractivity contribution is 5.79. The van der Waals surface area contributed by atoms with Crippen LogP contribution in [0.5, 0.6) is 0 Å². The van der Waals surface area contributed by atoms with Gasteiger partial charge in [-0.05, 0) is 57.4 Å². The van der Waals surface area contributed by atoms with Gasteiger partial charge in [-0.15, -0.1) is 0 Å². The Labute approximate surface area is 97.4 Å². The zero-order chi connectivity index (χ0) is 11.1. The number of carbonyl (C=O) groups is 1. The van der Waals surface area contributed by atoms with Gasteiger partial charge in [0.05, 0.1) is 0 Å². The summed E-state index contributed by atoms with van der Waals surface area (Å²) in [6.07, 6.45) is 5.91. The minimum absolute atomic E-state index is 0.339. The summed E-state index contributed by atoms with van der Waals surface area (Å²) in [4.78, 5) is 12.1. The quantitative estimate of drug-likeness (QED) is 0.739. The van der Waals surface area contributed by atoms with Crippen LogP contribution in [0.4, 0.5) is 0 Å². The summed E-state index contributed by atoms with van der Waals surface area (Å²) in [5.74, 6) is 2.49. The van der Waals surface area contributed by atoms with Crippen LogP contribution in [0.2, 0.25) is 0 Å². The van der Waals surface area contributed by atoms with E-state index in [4.69, 9.17) is 0 Å². The molecule has 0 aromatic heterocycles. The first-order chi connectivity index (χ1) is 7.72. The van der Waals surface area contributed by atoms with Gasteiger partial charge in [-0.2, -0.15) is 0 Å². The number of hydrogen-bond donors (Lipinski definition) is 2. The molecule has 2 aliphatic carbocycles. The van der Waals surface area contributed by atoms with Gasteiger partial charge in [0.15, 0.2) is 0 Å². The van der Waals surface area contributed by atoms with Crippen molar-refractivity contribution in [2.24, 2.45) is 17.8 Å². The molecule has 4 atom stereocenters. The van der Waals surface area contributed by atoms with Gasteiger partial charge in [0.2, 0.25) is 5.91 Å². The van der Waals surface area contributed by atoms with Gasteiger partial charge < -0.3 is 10.6 Å². The Bertz CT molecular complexity index is 282. The van der Waals surface area contributed by atoms with Crippen LogP contribution in [0.3, 0.4) is 0 Å². The van der Waals surface area contributed by atoms with E-state index < -0.39 is 0 Å². The third kappa shape index (κ3) is 2.10. The van der Waals surface area contributed by atoms with Gasteiger partial charge in [-0.25, -0.2) is 0 Å². The van der Waals surface area contributed by atoms with Gasteiger partial charge in [0.1, 0.15) is 0 Å². The standard InChI is InChI=1S/C13H22N2O/c1-8-4-12(2-3-14-8)15-13(16)11-6-9-5-10(9)7-11/h8-12,14H,2-7H2,1H3,(H,15,16). The molecule has 3 heteroatoms. The van der Waals surface area contributed by atoms with E-state index in [-0.39, 0.29) is 0 Å². The topological polar surface area (TPSA) is 41.1 Å². The van der Waals surface area contributed by atoms with Crippen LogP contribution in [0.15, 0.2) is 0 Å². The number of fused-ring (bicyclic) bond motifs is 1. The second kappa shape index (κ2) is 4.02. The summed E-state index contributed by atoms with van der Waals surface area (Å²) in [5, 5.41) is 6.67. The summed E-state index contributed by atoms with van der Waals surface area (Å²) < 4.78 is 0. The van der Waals surface area contributed by atoms with E-state index in [1.165, 1.54) is 6.42 Å². The molecule has 2 N–H and O–H groups in total. The first-order valence-corrected chi connectivity index (χ1v) is 6.76. The second-order valence-electron chi connectivity index (χ2n) is 6.01. The third-order valence-electron chi connectivity index (χ3n) is 4.58. The highest BCUT2D eigenvalue weighted by Gasteiger charge is 2.48. The fourth-order valence-electron chi connectivity index (χ4n) is 3.51. The van der Waals surface area contributed by atoms with Crippen LogP contribution in [0.25, 0.3) is 0 Å². The van der Waals surface area contributed by atoms with Crippen LogP contribution in [0, 0.1) is 17.8 Å². The van der Waals surface area contributed by atoms with Crippen molar-refractivity contribution in [1.29, 1.82) is 0 Å². The van der Waals surface area contributed by atoms with Crippen LogP contribution >= 0.6 is 0 Å². The van der Waals surface area contributed by atoms with E-state index >= 15 is 0 Å². The first kappa shape index (κ1) is 10.6. The van der Waals surface area contributed by atoms with Crippen molar-refractivity contribution < 1.29 is 4.79 Å². The summed E-state index contributed by atoms with van der Waals surface area (Å²) >= 11 is 0. The van der Waals surface area contributed by atoms with E-state index in [9.17, 15) is 4.79 Å². The van der Waals surface area contributed by atoms with E-state index in [0.717, 1.165) is 44.1 Å². The monoisotopic (exact) mass is 222 g/mol. The van der Waals surface area contributed by atoms with Crippen molar-refractivity contribution in [2.75, 3.05) is 6.54 Å². The molecule has 16 heavy (non-hydrogen) atoms. The molecule has 0 bridgehead atoms. The molecule has 3 fully saturated rings. The lowest BCUT2D eigenvalue weighted by Crippen LogP contribution is -2.47. The normalized spacial score (nSPS) is 46.2. The molecule has 1 aliphatic heterocycles. The van der Waals surface area contributed by atoms with Crippen molar-refractivity contribution >= 4 is 5.91 Å². The van der Waals surface area contributed by atoms with Crippen molar-refractivity contribution in [1.82, 2.24) is 10.6 Å². The number of nitrogens with one attached hydrogen (secondary N) is 2. The highest BCUT2D eigenvalue weighted by Crippen LogP contribution is 2.54. The molecule has 1 heterocycles. The van der Waals surface area contributed by atoms with Gasteiger partial charge in [-0.3, -0.25) is 4.79 Å². The summed E-state index contributed by atoms with van der Waals surface area (Å²) in [6.45, 7) is 3.24. The lowest BCUT2D eigenvalue weighted by Gasteiger charge is -2.29. The number of amides is 1. The lowest BCUT2D eigenvalue weighted by molar-refractivity contribution is -0.126. The fraction of sp³-hybridized carbons (Fsp3) is 0.923. The highest BCUT2D eigenvalue weighted by atomic mass is 16.1. The second-order valence-corrected chi connectivity index (χ2v) is 6.01. The average Bonchev–Trinajstić information content (AvgIpc) is 2.86. The summed E-state index contributed by atoms with van der Waals surface area (Å²) in [6, 6.07) is 0.969. The molecule has 0 spiro atoms. The zero-order valence-electron chi connectivity index (χ0n) is 10.0. The summed E-state index contributed by atoms with van der Waals surface area (Å²) in [7, 11) is 0. The van der Waals surface area contributed by atoms with E-state index in [2.05, 4.69) is 17.6 Å². The van der Waals surface area contributed by atoms with Crippen molar-refractivity contribution in [3.05, 3.63) is 0 Å². The number of carbonyl (C=O) groups excluding carboxylic acids is 1. The molecule has 2 saturated carbocycles. The number of rotatable bonds is 2. The molecule has 3 aliphatic rings. The first-order valence-electron chi connectivity index (χ1n) is 6.76. The molecule has 0 radical (unpaired) electrons. The Kier molecular flexibility index (Phi) is 2.66. The maximum absolute atomic E-state index is 12.1. The maximum Gasteiger partial charge on any atom is 0.223 e. The molecule has 3 nitrogen and oxygen atoms in total. The van der Waals surface area contributed by atoms with Gasteiger partial charge in [0.25, 0.3) is 0 Å². The smallest absolute Gasteiger partial charge is 0.223 e. The predicted octanol–water partition coefficient (Wildman–Crippen LogP) is 1.29. The summed E-state index contributed by atoms with van der Waals surface area (Å²) in [5.41, 5.74) is 0. The maximum atomic E-state index is 12.1. The predicted molar refractivity (Wildman–Crippen MR) is 63.0 cm³/mol. The van der Waals surface area contributed by atoms with Gasteiger partial charge in [0, 0.05) is 18.0 Å². The number of piperidine rings is 1. The molecule has 3 rings (SSSR count). The molecule has 0 aromatic rings. The van der Waals surface area contributed by atoms with E-state index in [0.29, 0.717) is 23.9 Å². The van der Waals surface area contributed by atoms with Crippen molar-refractivity contribution in [2.45, 2.75) is 51.1 Å². The molecule has 4 unspecified atom stereocenters. The lowest BCUT2D eigenvalue weighted by atomic mass is 9.98. The molecular formula is C13H22N2O. The Morgan fingerprint density at radius 3 is 2.62 bits per heavy atom. The van der Waals surface area contributed by atoms with Crippen LogP contribution in [-0.4, -0.2) is 24.5 Å². The van der Waals surface area contributed by atoms with Crippen LogP contribution < -0.4 is 10.6 Å². The van der Waals surface area contributed by atoms with E-state index in [1.807, 2.05) is 0 Å². The minimum atomic E-state index is 0.339. The Hall–Kier alpha value is -0.570. The molecule has 1 saturated heterocycles. The third-order valence-corrected chi connectivity index (χ3v) is 4.58. The fourth-order valence-corrected chi connectivity index (χ4v) is 3.51. The van der Waals surface area contributed by atoms with Crippen molar-refractivity contribution in [3.63, 3.8) is 0 Å². The minimum Gasteiger partial charge on any atom is -0.353 e. The molecular weight excluding hydrogens is 200 g/mol. The van der Waals surface area contributed by atoms with Gasteiger partial charge in [-0.1, -0.05) is 0 Å². The zero-order valence-corrected chi connectivity index (χ0v) is 10.0. The van der Waals surface area contributed by atoms with Gasteiger partial charge >= 0.3 is 0 Å². The SMILES string of the molecule is CC1CC(NC(=O)C2CC3CC3C2)CCN1.